The Morgan fingerprint density at radius 2 is 0.902 bits per heavy atom. The predicted octanol–water partition coefficient (Wildman–Crippen LogP) is 12.8. The van der Waals surface area contributed by atoms with Crippen LogP contribution >= 0.6 is 0 Å². The predicted molar refractivity (Wildman–Crippen MR) is 338 cm³/mol. The van der Waals surface area contributed by atoms with Gasteiger partial charge in [0.25, 0.3) is 0 Å². The Hall–Kier alpha value is -8.25. The molecule has 3 aliphatic carbocycles. The van der Waals surface area contributed by atoms with Crippen LogP contribution in [0.25, 0.3) is 50.1 Å². The van der Waals surface area contributed by atoms with Crippen LogP contribution < -0.4 is 33.3 Å². The first-order valence-corrected chi connectivity index (χ1v) is 29.0. The molecular weight excluding hydrogens is 1010 g/mol. The molecule has 0 radical (unpaired) electrons. The van der Waals surface area contributed by atoms with Gasteiger partial charge in [-0.05, 0) is 115 Å². The van der Waals surface area contributed by atoms with Crippen molar-refractivity contribution >= 4 is 46.7 Å². The lowest BCUT2D eigenvalue weighted by Crippen LogP contribution is -2.70. The molecule has 0 bridgehead atoms. The average Bonchev–Trinajstić information content (AvgIpc) is 2.05. The van der Waals surface area contributed by atoms with E-state index < -0.39 is 6.85 Å². The van der Waals surface area contributed by atoms with Crippen molar-refractivity contribution in [3.8, 4) is 33.4 Å². The molecule has 0 spiro atoms. The van der Waals surface area contributed by atoms with Gasteiger partial charge in [-0.1, -0.05) is 101 Å². The Morgan fingerprint density at radius 3 is 1.33 bits per heavy atom. The van der Waals surface area contributed by atoms with E-state index in [-0.39, 0.29) is 12.3 Å². The first kappa shape index (κ1) is 51.9. The topological polar surface area (TPSA) is 76.2 Å². The highest BCUT2D eigenvalue weighted by atomic mass is 15.5. The third kappa shape index (κ3) is 11.0. The second-order valence-electron chi connectivity index (χ2n) is 23.7. The molecule has 0 amide bonds. The van der Waals surface area contributed by atoms with Crippen molar-refractivity contribution < 1.29 is 17.8 Å². The molecule has 6 aliphatic rings. The molecule has 82 heavy (non-hydrogen) atoms. The van der Waals surface area contributed by atoms with E-state index in [0.717, 1.165) is 47.2 Å². The van der Waals surface area contributed by atoms with Crippen molar-refractivity contribution in [2.24, 2.45) is 21.1 Å². The van der Waals surface area contributed by atoms with Crippen LogP contribution in [0, 0.1) is 27.6 Å². The molecule has 1 fully saturated rings. The zero-order valence-electron chi connectivity index (χ0n) is 53.5. The van der Waals surface area contributed by atoms with Gasteiger partial charge in [-0.3, -0.25) is 0 Å². The number of pyridine rings is 3. The second kappa shape index (κ2) is 22.6. The lowest BCUT2D eigenvalue weighted by molar-refractivity contribution is -0.673. The van der Waals surface area contributed by atoms with Crippen LogP contribution in [0.2, 0.25) is 6.82 Å². The number of anilines is 4. The number of nitrogens with zero attached hydrogens (tertiary/aromatic N) is 11. The van der Waals surface area contributed by atoms with Gasteiger partial charge in [0.1, 0.15) is 33.5 Å². The SMILES string of the molecule is CB1C(N2c3nccnc3N(C)[C@H]2C)CC1N1c2nccnc2N(C)[C@@H]1C.CC1=C(c2ccc(-c3cccc(C)c3)c[n+]2C)C1.CC1=C(c2ccc(-c3cccc(C)c3C)c[n+]2C)C1.[2H]C([2H])([2H])c1ccc(-c2ccc(C3=C(C)C3)[n+](C)c2)cc1. The van der Waals surface area contributed by atoms with Gasteiger partial charge in [0.2, 0.25) is 17.1 Å². The summed E-state index contributed by atoms with van der Waals surface area (Å²) in [6.45, 7) is 18.4. The molecule has 11 nitrogen and oxygen atoms in total. The van der Waals surface area contributed by atoms with Gasteiger partial charge in [0.15, 0.2) is 48.6 Å². The van der Waals surface area contributed by atoms with E-state index in [9.17, 15) is 0 Å². The maximum absolute atomic E-state index is 7.41. The summed E-state index contributed by atoms with van der Waals surface area (Å²) in [5.41, 5.74) is 24.7. The number of allylic oxidation sites excluding steroid dienone is 6. The summed E-state index contributed by atoms with van der Waals surface area (Å²) in [4.78, 5) is 27.7. The summed E-state index contributed by atoms with van der Waals surface area (Å²) < 4.78 is 28.9. The second-order valence-corrected chi connectivity index (χ2v) is 23.7. The highest BCUT2D eigenvalue weighted by molar-refractivity contribution is 6.65. The van der Waals surface area contributed by atoms with E-state index >= 15 is 0 Å². The van der Waals surface area contributed by atoms with Crippen molar-refractivity contribution in [1.29, 1.82) is 0 Å². The molecule has 416 valence electrons. The van der Waals surface area contributed by atoms with Crippen molar-refractivity contribution in [2.75, 3.05) is 33.7 Å². The maximum Gasteiger partial charge on any atom is 0.208 e. The van der Waals surface area contributed by atoms with E-state index in [1.54, 1.807) is 36.9 Å². The van der Waals surface area contributed by atoms with Crippen LogP contribution in [0.3, 0.4) is 0 Å². The Labute approximate surface area is 492 Å². The molecule has 1 saturated heterocycles. The Morgan fingerprint density at radius 1 is 0.488 bits per heavy atom. The monoisotopic (exact) mass is 1090 g/mol. The normalized spacial score (nSPS) is 19.6. The molecule has 5 aromatic heterocycles. The summed E-state index contributed by atoms with van der Waals surface area (Å²) in [6.07, 6.45) is 18.8. The highest BCUT2D eigenvalue weighted by Gasteiger charge is 2.54. The molecular formula is C70H81BN11+3. The fraction of sp³-hybridized carbons (Fsp3) is 0.329. The maximum atomic E-state index is 7.41. The number of aryl methyl sites for hydroxylation is 6. The van der Waals surface area contributed by atoms with E-state index in [0.29, 0.717) is 24.2 Å². The van der Waals surface area contributed by atoms with Crippen LogP contribution in [-0.2, 0) is 21.1 Å². The summed E-state index contributed by atoms with van der Waals surface area (Å²) in [6, 6.07) is 35.5. The third-order valence-corrected chi connectivity index (χ3v) is 18.1. The molecule has 4 atom stereocenters. The Balaban J connectivity index is 0.000000120. The summed E-state index contributed by atoms with van der Waals surface area (Å²) >= 11 is 0. The lowest BCUT2D eigenvalue weighted by atomic mass is 9.29. The number of fused-ring (bicyclic) bond motifs is 2. The van der Waals surface area contributed by atoms with Crippen LogP contribution in [0.1, 0.15) is 104 Å². The van der Waals surface area contributed by atoms with E-state index in [1.807, 2.05) is 19.2 Å². The fourth-order valence-electron chi connectivity index (χ4n) is 12.3. The molecule has 0 saturated carbocycles. The molecule has 8 heterocycles. The molecule has 3 aromatic carbocycles. The third-order valence-electron chi connectivity index (χ3n) is 18.1. The molecule has 8 aromatic rings. The number of benzene rings is 3. The average molecular weight is 1090 g/mol. The Kier molecular flexibility index (Phi) is 14.3. The quantitative estimate of drug-likeness (QED) is 0.110. The molecule has 14 rings (SSSR count). The number of aromatic nitrogens is 7. The fourth-order valence-corrected chi connectivity index (χ4v) is 12.3. The van der Waals surface area contributed by atoms with Crippen LogP contribution in [-0.4, -0.2) is 65.0 Å². The van der Waals surface area contributed by atoms with E-state index in [2.05, 4.69) is 241 Å². The smallest absolute Gasteiger partial charge is 0.208 e. The van der Waals surface area contributed by atoms with Gasteiger partial charge in [0.05, 0.1) is 0 Å². The minimum atomic E-state index is -2.04. The standard InChI is InChI=1S/C18H25BN8.C18H20N.2C17H18N/c1-11-24(4)15-17(22-8-6-20-15)26(11)13-10-14(19(13)3)27-12(2)25(5)16-18(27)23-9-7-21-16;1-12-6-5-7-16(14(12)3)15-8-9-18(19(4)11-15)17-10-13(17)2;1-12-4-6-14(7-5-12)15-8-9-17(18(3)11-15)16-10-13(16)2;1-12-5-4-6-14(9-12)15-7-8-17(18(3)11-15)16-10-13(16)2/h6-9,11-14H,10H2,1-5H3;5-9,11H,10H2,1-4H3;2*4-9,11H,10H2,1-3H3/q;3*+1/t11-,12+,13?,14?;;;/i;;1D3;. The Bertz CT molecular complexity index is 3910. The zero-order valence-corrected chi connectivity index (χ0v) is 50.5. The highest BCUT2D eigenvalue weighted by Crippen LogP contribution is 2.46. The minimum absolute atomic E-state index is 0.265. The van der Waals surface area contributed by atoms with Gasteiger partial charge >= 0.3 is 0 Å². The van der Waals surface area contributed by atoms with E-state index in [1.165, 1.54) is 102 Å². The first-order valence-electron chi connectivity index (χ1n) is 30.5. The largest absolute Gasteiger partial charge is 0.338 e. The molecule has 2 unspecified atom stereocenters. The molecule has 3 aliphatic heterocycles. The van der Waals surface area contributed by atoms with Crippen molar-refractivity contribution in [1.82, 2.24) is 19.9 Å². The number of hydrogen-bond acceptors (Lipinski definition) is 8. The van der Waals surface area contributed by atoms with Crippen LogP contribution in [0.15, 0.2) is 163 Å². The van der Waals surface area contributed by atoms with E-state index in [4.69, 9.17) is 4.11 Å². The molecule has 12 heteroatoms. The summed E-state index contributed by atoms with van der Waals surface area (Å²) in [5.74, 6) is 4.87. The number of hydrogen-bond donors (Lipinski definition) is 0. The van der Waals surface area contributed by atoms with Crippen molar-refractivity contribution in [3.63, 3.8) is 0 Å². The lowest BCUT2D eigenvalue weighted by Gasteiger charge is -2.52. The van der Waals surface area contributed by atoms with Gasteiger partial charge in [-0.25, -0.2) is 33.6 Å². The summed E-state index contributed by atoms with van der Waals surface area (Å²) in [5, 5.41) is 0. The van der Waals surface area contributed by atoms with Crippen molar-refractivity contribution in [2.45, 2.75) is 119 Å². The first-order chi connectivity index (χ1) is 40.6. The van der Waals surface area contributed by atoms with Gasteiger partial charge in [-0.15, -0.1) is 0 Å². The van der Waals surface area contributed by atoms with Gasteiger partial charge < -0.3 is 19.6 Å². The molecule has 0 N–H and O–H groups in total. The minimum Gasteiger partial charge on any atom is -0.338 e. The van der Waals surface area contributed by atoms with Crippen molar-refractivity contribution in [3.05, 3.63) is 203 Å². The summed E-state index contributed by atoms with van der Waals surface area (Å²) in [7, 11) is 10.5. The number of rotatable bonds is 8. The van der Waals surface area contributed by atoms with Crippen LogP contribution in [0.5, 0.6) is 0 Å². The van der Waals surface area contributed by atoms with Gasteiger partial charge in [-0.2, -0.15) is 0 Å². The zero-order chi connectivity index (χ0) is 60.3. The van der Waals surface area contributed by atoms with Crippen LogP contribution in [0.4, 0.5) is 23.3 Å². The van der Waals surface area contributed by atoms with Gasteiger partial charge in [0, 0.05) is 126 Å².